The molecule has 2 aromatic heterocycles. The average molecular weight is 546 g/mol. The maximum atomic E-state index is 12.8. The van der Waals surface area contributed by atoms with E-state index >= 15 is 0 Å². The first-order valence-electron chi connectivity index (χ1n) is 13.0. The predicted molar refractivity (Wildman–Crippen MR) is 143 cm³/mol. The number of esters is 1. The van der Waals surface area contributed by atoms with E-state index in [9.17, 15) is 14.4 Å². The topological polar surface area (TPSA) is 129 Å². The zero-order valence-corrected chi connectivity index (χ0v) is 23.5. The van der Waals surface area contributed by atoms with Crippen molar-refractivity contribution in [2.24, 2.45) is 36.0 Å². The standard InChI is InChI=1S/C26H35N5O4S2/c1-13(2)35-24(34)20-14(3)21(22(27)33)37-23(20)28-19(32)12-36-25-30-29-18(31(25)4)11-26-8-15-5-16(9-26)7-17(6-15)10-26/h13,15-17H,5-12H2,1-4H3,(H2,27,33)(H,28,32). The summed E-state index contributed by atoms with van der Waals surface area (Å²) in [7, 11) is 1.97. The first-order chi connectivity index (χ1) is 17.5. The Morgan fingerprint density at radius 3 is 2.35 bits per heavy atom. The number of ether oxygens (including phenoxy) is 1. The summed E-state index contributed by atoms with van der Waals surface area (Å²) in [5.74, 6) is 2.17. The third-order valence-corrected chi connectivity index (χ3v) is 10.4. The molecule has 4 aliphatic rings. The van der Waals surface area contributed by atoms with E-state index in [0.29, 0.717) is 16.1 Å². The second-order valence-corrected chi connectivity index (χ2v) is 13.4. The fraction of sp³-hybridized carbons (Fsp3) is 0.654. The monoisotopic (exact) mass is 545 g/mol. The van der Waals surface area contributed by atoms with E-state index in [2.05, 4.69) is 15.5 Å². The number of anilines is 1. The Hall–Kier alpha value is -2.40. The summed E-state index contributed by atoms with van der Waals surface area (Å²) in [6, 6.07) is 0. The molecule has 0 aliphatic heterocycles. The van der Waals surface area contributed by atoms with Gasteiger partial charge in [-0.1, -0.05) is 11.8 Å². The minimum atomic E-state index is -0.651. The van der Waals surface area contributed by atoms with E-state index in [1.165, 1.54) is 50.3 Å². The highest BCUT2D eigenvalue weighted by atomic mass is 32.2. The van der Waals surface area contributed by atoms with Crippen LogP contribution in [0.3, 0.4) is 0 Å². The highest BCUT2D eigenvalue weighted by molar-refractivity contribution is 7.99. The van der Waals surface area contributed by atoms with Crippen LogP contribution in [-0.2, 0) is 23.0 Å². The van der Waals surface area contributed by atoms with Gasteiger partial charge in [0.2, 0.25) is 5.91 Å². The Kier molecular flexibility index (Phi) is 7.12. The van der Waals surface area contributed by atoms with Gasteiger partial charge in [0, 0.05) is 13.5 Å². The molecule has 4 fully saturated rings. The number of thiophene rings is 1. The molecule has 2 amide bonds. The van der Waals surface area contributed by atoms with Crippen molar-refractivity contribution in [1.82, 2.24) is 14.8 Å². The molecule has 0 aromatic carbocycles. The fourth-order valence-electron chi connectivity index (χ4n) is 7.11. The van der Waals surface area contributed by atoms with Crippen molar-refractivity contribution in [2.45, 2.75) is 77.0 Å². The molecule has 6 rings (SSSR count). The molecule has 4 bridgehead atoms. The third kappa shape index (κ3) is 5.30. The number of nitrogens with one attached hydrogen (secondary N) is 1. The molecular weight excluding hydrogens is 510 g/mol. The van der Waals surface area contributed by atoms with E-state index < -0.39 is 11.9 Å². The summed E-state index contributed by atoms with van der Waals surface area (Å²) >= 11 is 2.29. The number of carbonyl (C=O) groups is 3. The van der Waals surface area contributed by atoms with E-state index in [-0.39, 0.29) is 33.2 Å². The number of primary amides is 1. The molecule has 2 aromatic rings. The highest BCUT2D eigenvalue weighted by Gasteiger charge is 2.51. The van der Waals surface area contributed by atoms with Gasteiger partial charge in [-0.25, -0.2) is 4.79 Å². The molecule has 0 spiro atoms. The van der Waals surface area contributed by atoms with Crippen molar-refractivity contribution in [1.29, 1.82) is 0 Å². The van der Waals surface area contributed by atoms with Crippen LogP contribution >= 0.6 is 23.1 Å². The van der Waals surface area contributed by atoms with Crippen LogP contribution in [-0.4, -0.2) is 44.4 Å². The smallest absolute Gasteiger partial charge is 0.341 e. The third-order valence-electron chi connectivity index (χ3n) is 8.13. The van der Waals surface area contributed by atoms with Crippen LogP contribution in [0.15, 0.2) is 5.16 Å². The van der Waals surface area contributed by atoms with Crippen LogP contribution in [0.5, 0.6) is 0 Å². The van der Waals surface area contributed by atoms with Crippen molar-refractivity contribution in [3.8, 4) is 0 Å². The summed E-state index contributed by atoms with van der Waals surface area (Å²) in [5, 5.41) is 12.6. The molecule has 2 heterocycles. The Morgan fingerprint density at radius 1 is 1.16 bits per heavy atom. The number of aromatic nitrogens is 3. The molecule has 0 radical (unpaired) electrons. The lowest BCUT2D eigenvalue weighted by atomic mass is 9.49. The summed E-state index contributed by atoms with van der Waals surface area (Å²) in [6.07, 6.45) is 8.79. The zero-order valence-electron chi connectivity index (χ0n) is 21.8. The van der Waals surface area contributed by atoms with Gasteiger partial charge < -0.3 is 20.4 Å². The molecule has 37 heavy (non-hydrogen) atoms. The molecule has 0 saturated heterocycles. The van der Waals surface area contributed by atoms with Gasteiger partial charge in [-0.05, 0) is 88.0 Å². The summed E-state index contributed by atoms with van der Waals surface area (Å²) in [4.78, 5) is 37.6. The summed E-state index contributed by atoms with van der Waals surface area (Å²) in [6.45, 7) is 5.10. The molecule has 4 saturated carbocycles. The minimum absolute atomic E-state index is 0.0882. The maximum Gasteiger partial charge on any atom is 0.341 e. The van der Waals surface area contributed by atoms with E-state index in [1.54, 1.807) is 20.8 Å². The van der Waals surface area contributed by atoms with Crippen molar-refractivity contribution in [2.75, 3.05) is 11.1 Å². The van der Waals surface area contributed by atoms with Gasteiger partial charge in [-0.3, -0.25) is 9.59 Å². The Labute approximate surface area is 225 Å². The van der Waals surface area contributed by atoms with Gasteiger partial charge in [0.15, 0.2) is 5.16 Å². The van der Waals surface area contributed by atoms with Gasteiger partial charge in [0.1, 0.15) is 10.8 Å². The number of carbonyl (C=O) groups excluding carboxylic acids is 3. The lowest BCUT2D eigenvalue weighted by Gasteiger charge is -2.56. The number of rotatable bonds is 9. The fourth-order valence-corrected chi connectivity index (χ4v) is 8.91. The zero-order chi connectivity index (χ0) is 26.5. The van der Waals surface area contributed by atoms with E-state index in [1.807, 2.05) is 11.6 Å². The number of nitrogens with two attached hydrogens (primary N) is 1. The van der Waals surface area contributed by atoms with Crippen molar-refractivity contribution < 1.29 is 19.1 Å². The van der Waals surface area contributed by atoms with Gasteiger partial charge >= 0.3 is 5.97 Å². The molecular formula is C26H35N5O4S2. The number of hydrogen-bond acceptors (Lipinski definition) is 8. The van der Waals surface area contributed by atoms with E-state index in [0.717, 1.165) is 41.3 Å². The first kappa shape index (κ1) is 26.2. The van der Waals surface area contributed by atoms with Gasteiger partial charge in [-0.2, -0.15) is 0 Å². The van der Waals surface area contributed by atoms with Crippen molar-refractivity contribution in [3.63, 3.8) is 0 Å². The van der Waals surface area contributed by atoms with Crippen LogP contribution in [0.1, 0.15) is 83.8 Å². The van der Waals surface area contributed by atoms with Gasteiger partial charge in [-0.15, -0.1) is 21.5 Å². The van der Waals surface area contributed by atoms with Gasteiger partial charge in [0.25, 0.3) is 5.91 Å². The number of amides is 2. The molecule has 9 nitrogen and oxygen atoms in total. The average Bonchev–Trinajstić information content (AvgIpc) is 3.29. The van der Waals surface area contributed by atoms with Crippen LogP contribution in [0.2, 0.25) is 0 Å². The Bertz CT molecular complexity index is 1200. The summed E-state index contributed by atoms with van der Waals surface area (Å²) < 4.78 is 7.33. The van der Waals surface area contributed by atoms with Crippen LogP contribution in [0.4, 0.5) is 5.00 Å². The normalized spacial score (nSPS) is 26.0. The second-order valence-electron chi connectivity index (χ2n) is 11.5. The molecule has 3 N–H and O–H groups in total. The van der Waals surface area contributed by atoms with E-state index in [4.69, 9.17) is 10.5 Å². The number of hydrogen-bond donors (Lipinski definition) is 2. The quantitative estimate of drug-likeness (QED) is 0.354. The largest absolute Gasteiger partial charge is 0.459 e. The second kappa shape index (κ2) is 10.1. The SMILES string of the molecule is Cc1c(C(N)=O)sc(NC(=O)CSc2nnc(CC34CC5CC(CC(C5)C3)C4)n2C)c1C(=O)OC(C)C. The Balaban J connectivity index is 1.24. The molecule has 11 heteroatoms. The molecule has 0 unspecified atom stereocenters. The lowest BCUT2D eigenvalue weighted by molar-refractivity contribution is -0.113. The predicted octanol–water partition coefficient (Wildman–Crippen LogP) is 4.34. The Morgan fingerprint density at radius 2 is 1.78 bits per heavy atom. The first-order valence-corrected chi connectivity index (χ1v) is 14.8. The lowest BCUT2D eigenvalue weighted by Crippen LogP contribution is -2.47. The van der Waals surface area contributed by atoms with Crippen LogP contribution in [0.25, 0.3) is 0 Å². The summed E-state index contributed by atoms with van der Waals surface area (Å²) in [5.41, 5.74) is 6.42. The highest BCUT2D eigenvalue weighted by Crippen LogP contribution is 2.61. The van der Waals surface area contributed by atoms with Gasteiger partial charge in [0.05, 0.1) is 22.3 Å². The molecule has 200 valence electrons. The molecule has 4 aliphatic carbocycles. The number of thioether (sulfide) groups is 1. The van der Waals surface area contributed by atoms with Crippen molar-refractivity contribution >= 4 is 45.9 Å². The van der Waals surface area contributed by atoms with Crippen LogP contribution < -0.4 is 11.1 Å². The number of nitrogens with zero attached hydrogens (tertiary/aromatic N) is 3. The molecule has 0 atom stereocenters. The van der Waals surface area contributed by atoms with Crippen molar-refractivity contribution in [3.05, 3.63) is 21.8 Å². The minimum Gasteiger partial charge on any atom is -0.459 e. The van der Waals surface area contributed by atoms with Crippen LogP contribution in [0, 0.1) is 30.1 Å². The maximum absolute atomic E-state index is 12.8.